The Bertz CT molecular complexity index is 275. The molecule has 5 heteroatoms. The van der Waals surface area contributed by atoms with E-state index in [0.717, 1.165) is 8.17 Å². The van der Waals surface area contributed by atoms with Crippen molar-refractivity contribution in [3.8, 4) is 6.07 Å². The van der Waals surface area contributed by atoms with E-state index in [1.807, 2.05) is 6.07 Å². The van der Waals surface area contributed by atoms with Crippen molar-refractivity contribution in [3.05, 3.63) is 14.4 Å². The SMILES string of the molecule is N#CCn1ncc(I)c1Br. The van der Waals surface area contributed by atoms with Gasteiger partial charge in [0.1, 0.15) is 11.1 Å². The zero-order valence-corrected chi connectivity index (χ0v) is 8.63. The van der Waals surface area contributed by atoms with E-state index in [1.165, 1.54) is 0 Å². The molecule has 1 rings (SSSR count). The smallest absolute Gasteiger partial charge is 0.129 e. The number of nitriles is 1. The molecule has 10 heavy (non-hydrogen) atoms. The Morgan fingerprint density at radius 1 is 1.90 bits per heavy atom. The Balaban J connectivity index is 2.96. The van der Waals surface area contributed by atoms with Gasteiger partial charge in [-0.15, -0.1) is 0 Å². The fourth-order valence-electron chi connectivity index (χ4n) is 0.525. The molecule has 0 N–H and O–H groups in total. The molecule has 1 aromatic heterocycles. The van der Waals surface area contributed by atoms with Crippen molar-refractivity contribution in [1.82, 2.24) is 9.78 Å². The monoisotopic (exact) mass is 311 g/mol. The minimum Gasteiger partial charge on any atom is -0.243 e. The highest BCUT2D eigenvalue weighted by Crippen LogP contribution is 2.17. The number of hydrogen-bond donors (Lipinski definition) is 0. The minimum atomic E-state index is 0.295. The van der Waals surface area contributed by atoms with Crippen molar-refractivity contribution in [2.45, 2.75) is 6.54 Å². The normalized spacial score (nSPS) is 9.30. The summed E-state index contributed by atoms with van der Waals surface area (Å²) in [6, 6.07) is 2.01. The summed E-state index contributed by atoms with van der Waals surface area (Å²) < 4.78 is 3.49. The molecule has 0 radical (unpaired) electrons. The second kappa shape index (κ2) is 3.34. The minimum absolute atomic E-state index is 0.295. The Morgan fingerprint density at radius 3 is 3.00 bits per heavy atom. The summed E-state index contributed by atoms with van der Waals surface area (Å²) in [6.07, 6.45) is 1.71. The summed E-state index contributed by atoms with van der Waals surface area (Å²) in [5.74, 6) is 0. The largest absolute Gasteiger partial charge is 0.243 e. The van der Waals surface area contributed by atoms with Crippen LogP contribution in [0.3, 0.4) is 0 Å². The molecule has 0 saturated carbocycles. The first kappa shape index (κ1) is 8.01. The van der Waals surface area contributed by atoms with Gasteiger partial charge in [-0.25, -0.2) is 4.68 Å². The summed E-state index contributed by atoms with van der Waals surface area (Å²) in [4.78, 5) is 0. The first-order valence-corrected chi connectivity index (χ1v) is 4.36. The van der Waals surface area contributed by atoms with Crippen LogP contribution in [0.5, 0.6) is 0 Å². The quantitative estimate of drug-likeness (QED) is 0.742. The Labute approximate surface area is 80.3 Å². The number of halogens is 2. The highest BCUT2D eigenvalue weighted by molar-refractivity contribution is 14.1. The van der Waals surface area contributed by atoms with Crippen LogP contribution < -0.4 is 0 Å². The number of nitrogens with zero attached hydrogens (tertiary/aromatic N) is 3. The van der Waals surface area contributed by atoms with E-state index in [9.17, 15) is 0 Å². The van der Waals surface area contributed by atoms with Crippen molar-refractivity contribution in [3.63, 3.8) is 0 Å². The molecule has 1 aromatic rings. The van der Waals surface area contributed by atoms with E-state index >= 15 is 0 Å². The van der Waals surface area contributed by atoms with Crippen molar-refractivity contribution in [2.24, 2.45) is 0 Å². The molecular weight excluding hydrogens is 309 g/mol. The van der Waals surface area contributed by atoms with Crippen LogP contribution in [0.1, 0.15) is 0 Å². The maximum atomic E-state index is 8.32. The zero-order valence-electron chi connectivity index (χ0n) is 4.88. The van der Waals surface area contributed by atoms with Gasteiger partial charge in [-0.3, -0.25) is 0 Å². The van der Waals surface area contributed by atoms with Crippen LogP contribution in [-0.4, -0.2) is 9.78 Å². The van der Waals surface area contributed by atoms with E-state index in [0.29, 0.717) is 6.54 Å². The average molecular weight is 312 g/mol. The molecule has 0 aliphatic carbocycles. The van der Waals surface area contributed by atoms with Crippen LogP contribution >= 0.6 is 38.5 Å². The molecule has 0 saturated heterocycles. The van der Waals surface area contributed by atoms with Crippen LogP contribution in [0, 0.1) is 14.9 Å². The number of rotatable bonds is 1. The van der Waals surface area contributed by atoms with Crippen molar-refractivity contribution in [1.29, 1.82) is 5.26 Å². The summed E-state index contributed by atoms with van der Waals surface area (Å²) in [5.41, 5.74) is 0. The predicted octanol–water partition coefficient (Wildman–Crippen LogP) is 1.77. The third-order valence-corrected chi connectivity index (χ3v) is 3.32. The lowest BCUT2D eigenvalue weighted by Gasteiger charge is -1.92. The van der Waals surface area contributed by atoms with Gasteiger partial charge < -0.3 is 0 Å². The molecule has 0 bridgehead atoms. The fraction of sp³-hybridized carbons (Fsp3) is 0.200. The lowest BCUT2D eigenvalue weighted by molar-refractivity contribution is 0.693. The molecule has 0 aliphatic rings. The van der Waals surface area contributed by atoms with Gasteiger partial charge in [0.25, 0.3) is 0 Å². The third kappa shape index (κ3) is 1.49. The lowest BCUT2D eigenvalue weighted by atomic mass is 10.7. The highest BCUT2D eigenvalue weighted by Gasteiger charge is 2.02. The van der Waals surface area contributed by atoms with E-state index in [4.69, 9.17) is 5.26 Å². The highest BCUT2D eigenvalue weighted by atomic mass is 127. The maximum Gasteiger partial charge on any atom is 0.129 e. The standard InChI is InChI=1S/C5H3BrIN3/c6-5-4(7)3-9-10(5)2-1-8/h3H,2H2. The summed E-state index contributed by atoms with van der Waals surface area (Å²) in [6.45, 7) is 0.295. The van der Waals surface area contributed by atoms with E-state index in [1.54, 1.807) is 10.9 Å². The van der Waals surface area contributed by atoms with Gasteiger partial charge >= 0.3 is 0 Å². The van der Waals surface area contributed by atoms with Crippen LogP contribution in [-0.2, 0) is 6.54 Å². The molecule has 0 aliphatic heterocycles. The van der Waals surface area contributed by atoms with Gasteiger partial charge in [-0.1, -0.05) is 0 Å². The predicted molar refractivity (Wildman–Crippen MR) is 48.3 cm³/mol. The van der Waals surface area contributed by atoms with Crippen LogP contribution in [0.25, 0.3) is 0 Å². The second-order valence-electron chi connectivity index (χ2n) is 1.60. The molecule has 3 nitrogen and oxygen atoms in total. The molecular formula is C5H3BrIN3. The molecule has 52 valence electrons. The summed E-state index contributed by atoms with van der Waals surface area (Å²) in [7, 11) is 0. The lowest BCUT2D eigenvalue weighted by Crippen LogP contribution is -1.97. The molecule has 0 amide bonds. The number of hydrogen-bond acceptors (Lipinski definition) is 2. The number of aromatic nitrogens is 2. The van der Waals surface area contributed by atoms with Gasteiger partial charge in [-0.2, -0.15) is 10.4 Å². The van der Waals surface area contributed by atoms with Gasteiger partial charge in [0.05, 0.1) is 15.8 Å². The van der Waals surface area contributed by atoms with Crippen molar-refractivity contribution in [2.75, 3.05) is 0 Å². The summed E-state index contributed by atoms with van der Waals surface area (Å²) in [5, 5.41) is 12.3. The Morgan fingerprint density at radius 2 is 2.60 bits per heavy atom. The van der Waals surface area contributed by atoms with Gasteiger partial charge in [0.15, 0.2) is 0 Å². The molecule has 0 unspecified atom stereocenters. The maximum absolute atomic E-state index is 8.32. The Kier molecular flexibility index (Phi) is 2.68. The molecule has 1 heterocycles. The molecule has 0 atom stereocenters. The molecule has 0 fully saturated rings. The average Bonchev–Trinajstić information content (AvgIpc) is 2.20. The van der Waals surface area contributed by atoms with Gasteiger partial charge in [0, 0.05) is 0 Å². The molecule has 0 spiro atoms. The van der Waals surface area contributed by atoms with Crippen LogP contribution in [0.15, 0.2) is 10.8 Å². The zero-order chi connectivity index (χ0) is 7.56. The first-order chi connectivity index (χ1) is 4.75. The third-order valence-electron chi connectivity index (χ3n) is 0.955. The summed E-state index contributed by atoms with van der Waals surface area (Å²) >= 11 is 5.44. The van der Waals surface area contributed by atoms with Crippen LogP contribution in [0.2, 0.25) is 0 Å². The van der Waals surface area contributed by atoms with Crippen LogP contribution in [0.4, 0.5) is 0 Å². The topological polar surface area (TPSA) is 41.6 Å². The van der Waals surface area contributed by atoms with Gasteiger partial charge in [0.2, 0.25) is 0 Å². The van der Waals surface area contributed by atoms with Crippen molar-refractivity contribution < 1.29 is 0 Å². The van der Waals surface area contributed by atoms with E-state index < -0.39 is 0 Å². The molecule has 0 aromatic carbocycles. The second-order valence-corrected chi connectivity index (χ2v) is 3.51. The van der Waals surface area contributed by atoms with Gasteiger partial charge in [-0.05, 0) is 38.5 Å². The fourth-order valence-corrected chi connectivity index (χ4v) is 1.25. The van der Waals surface area contributed by atoms with E-state index in [-0.39, 0.29) is 0 Å². The first-order valence-electron chi connectivity index (χ1n) is 2.49. The van der Waals surface area contributed by atoms with E-state index in [2.05, 4.69) is 43.6 Å². The van der Waals surface area contributed by atoms with Crippen molar-refractivity contribution >= 4 is 38.5 Å². The Hall–Kier alpha value is -0.0900.